The first-order valence-electron chi connectivity index (χ1n) is 6.26. The van der Waals surface area contributed by atoms with Gasteiger partial charge in [-0.15, -0.1) is 0 Å². The van der Waals surface area contributed by atoms with E-state index in [1.807, 2.05) is 23.5 Å². The van der Waals surface area contributed by atoms with E-state index in [2.05, 4.69) is 17.3 Å². The number of rotatable bonds is 5. The number of methoxy groups -OCH3 is 1. The summed E-state index contributed by atoms with van der Waals surface area (Å²) in [4.78, 5) is 0. The smallest absolute Gasteiger partial charge is 0.161 e. The molecule has 1 fully saturated rings. The van der Waals surface area contributed by atoms with Gasteiger partial charge >= 0.3 is 0 Å². The summed E-state index contributed by atoms with van der Waals surface area (Å²) in [5.41, 5.74) is 1.06. The number of thioether (sulfide) groups is 1. The molecule has 1 N–H and O–H groups in total. The van der Waals surface area contributed by atoms with E-state index < -0.39 is 0 Å². The minimum atomic E-state index is 0.130. The Morgan fingerprint density at radius 2 is 2.56 bits per heavy atom. The maximum Gasteiger partial charge on any atom is 0.161 e. The van der Waals surface area contributed by atoms with Crippen molar-refractivity contribution in [2.45, 2.75) is 19.1 Å². The summed E-state index contributed by atoms with van der Waals surface area (Å²) < 4.78 is 13.2. The van der Waals surface area contributed by atoms with Crippen LogP contribution in [0.15, 0.2) is 6.20 Å². The van der Waals surface area contributed by atoms with Crippen LogP contribution in [0.5, 0.6) is 5.75 Å². The molecule has 0 radical (unpaired) electrons. The molecule has 1 aliphatic rings. The van der Waals surface area contributed by atoms with Crippen molar-refractivity contribution >= 4 is 11.8 Å². The highest BCUT2D eigenvalue weighted by Crippen LogP contribution is 2.31. The number of aromatic nitrogens is 2. The van der Waals surface area contributed by atoms with E-state index in [1.54, 1.807) is 13.3 Å². The van der Waals surface area contributed by atoms with E-state index in [9.17, 15) is 0 Å². The summed E-state index contributed by atoms with van der Waals surface area (Å²) >= 11 is 1.94. The first-order chi connectivity index (χ1) is 8.77. The number of nitrogens with one attached hydrogen (secondary N) is 1. The molecular formula is C12H21N3O2S. The molecule has 0 amide bonds. The molecule has 1 aliphatic heterocycles. The summed E-state index contributed by atoms with van der Waals surface area (Å²) in [5.74, 6) is 2.91. The topological polar surface area (TPSA) is 48.3 Å². The molecule has 0 bridgehead atoms. The van der Waals surface area contributed by atoms with Crippen molar-refractivity contribution in [3.63, 3.8) is 0 Å². The fourth-order valence-electron chi connectivity index (χ4n) is 2.26. The van der Waals surface area contributed by atoms with Crippen molar-refractivity contribution in [1.29, 1.82) is 0 Å². The lowest BCUT2D eigenvalue weighted by Gasteiger charge is -2.31. The van der Waals surface area contributed by atoms with Crippen molar-refractivity contribution in [3.05, 3.63) is 11.9 Å². The fourth-order valence-corrected chi connectivity index (χ4v) is 3.16. The summed E-state index contributed by atoms with van der Waals surface area (Å²) in [7, 11) is 3.62. The number of nitrogens with zero attached hydrogens (tertiary/aromatic N) is 2. The van der Waals surface area contributed by atoms with Crippen LogP contribution in [-0.2, 0) is 11.8 Å². The van der Waals surface area contributed by atoms with Crippen LogP contribution in [0.3, 0.4) is 0 Å². The van der Waals surface area contributed by atoms with Crippen LogP contribution in [0.25, 0.3) is 0 Å². The lowest BCUT2D eigenvalue weighted by molar-refractivity contribution is 0.0444. The molecular weight excluding hydrogens is 250 g/mol. The minimum Gasteiger partial charge on any atom is -0.493 e. The molecule has 2 unspecified atom stereocenters. The monoisotopic (exact) mass is 271 g/mol. The van der Waals surface area contributed by atoms with Crippen LogP contribution < -0.4 is 10.1 Å². The van der Waals surface area contributed by atoms with Crippen molar-refractivity contribution in [2.75, 3.05) is 31.8 Å². The highest BCUT2D eigenvalue weighted by molar-refractivity contribution is 7.99. The number of likely N-dealkylation sites (N-methyl/N-ethyl adjacent to an activating group) is 1. The third-order valence-corrected chi connectivity index (χ3v) is 4.12. The Bertz CT molecular complexity index is 377. The predicted octanol–water partition coefficient (Wildman–Crippen LogP) is 1.21. The summed E-state index contributed by atoms with van der Waals surface area (Å²) in [5, 5.41) is 7.77. The zero-order valence-electron chi connectivity index (χ0n) is 11.2. The van der Waals surface area contributed by atoms with Gasteiger partial charge in [-0.3, -0.25) is 4.68 Å². The summed E-state index contributed by atoms with van der Waals surface area (Å²) in [6.45, 7) is 3.81. The van der Waals surface area contributed by atoms with Gasteiger partial charge in [-0.05, 0) is 6.54 Å². The maximum atomic E-state index is 5.89. The van der Waals surface area contributed by atoms with Crippen molar-refractivity contribution in [1.82, 2.24) is 15.1 Å². The first kappa shape index (κ1) is 13.7. The molecule has 2 atom stereocenters. The van der Waals surface area contributed by atoms with Gasteiger partial charge < -0.3 is 14.8 Å². The third kappa shape index (κ3) is 2.81. The first-order valence-corrected chi connectivity index (χ1v) is 7.42. The van der Waals surface area contributed by atoms with E-state index in [1.165, 1.54) is 0 Å². The summed E-state index contributed by atoms with van der Waals surface area (Å²) in [6, 6.07) is 0.130. The number of aryl methyl sites for hydroxylation is 1. The fraction of sp³-hybridized carbons (Fsp3) is 0.750. The molecule has 18 heavy (non-hydrogen) atoms. The predicted molar refractivity (Wildman–Crippen MR) is 73.2 cm³/mol. The average molecular weight is 271 g/mol. The lowest BCUT2D eigenvalue weighted by atomic mass is 10.1. The van der Waals surface area contributed by atoms with Gasteiger partial charge in [0.05, 0.1) is 37.8 Å². The van der Waals surface area contributed by atoms with Gasteiger partial charge in [-0.25, -0.2) is 0 Å². The molecule has 0 aromatic carbocycles. The van der Waals surface area contributed by atoms with Crippen LogP contribution in [-0.4, -0.2) is 47.7 Å². The van der Waals surface area contributed by atoms with E-state index in [4.69, 9.17) is 9.47 Å². The quantitative estimate of drug-likeness (QED) is 0.872. The molecule has 1 saturated heterocycles. The van der Waals surface area contributed by atoms with Crippen molar-refractivity contribution < 1.29 is 9.47 Å². The molecule has 1 aromatic rings. The zero-order chi connectivity index (χ0) is 13.0. The molecule has 0 spiro atoms. The molecule has 0 saturated carbocycles. The van der Waals surface area contributed by atoms with Gasteiger partial charge in [0.25, 0.3) is 0 Å². The molecule has 2 heterocycles. The SMILES string of the molecule is CCNC(c1c(OC)cnn1C)C1CSCCO1. The minimum absolute atomic E-state index is 0.130. The standard InChI is InChI=1S/C12H21N3O2S/c1-4-13-11(10-8-18-6-5-17-10)12-9(16-3)7-14-15(12)2/h7,10-11,13H,4-6,8H2,1-3H3. The zero-order valence-corrected chi connectivity index (χ0v) is 12.0. The highest BCUT2D eigenvalue weighted by atomic mass is 32.2. The second-order valence-electron chi connectivity index (χ2n) is 4.24. The van der Waals surface area contributed by atoms with E-state index in [0.717, 1.165) is 36.1 Å². The van der Waals surface area contributed by atoms with Gasteiger partial charge in [0, 0.05) is 18.6 Å². The summed E-state index contributed by atoms with van der Waals surface area (Å²) in [6.07, 6.45) is 1.93. The van der Waals surface area contributed by atoms with Crippen LogP contribution in [0.4, 0.5) is 0 Å². The molecule has 5 nitrogen and oxygen atoms in total. The molecule has 1 aromatic heterocycles. The van der Waals surface area contributed by atoms with Crippen molar-refractivity contribution in [2.24, 2.45) is 7.05 Å². The van der Waals surface area contributed by atoms with Gasteiger partial charge in [0.2, 0.25) is 0 Å². The lowest BCUT2D eigenvalue weighted by Crippen LogP contribution is -2.39. The average Bonchev–Trinajstić information content (AvgIpc) is 2.78. The number of hydrogen-bond donors (Lipinski definition) is 1. The van der Waals surface area contributed by atoms with Gasteiger partial charge in [0.15, 0.2) is 5.75 Å². The highest BCUT2D eigenvalue weighted by Gasteiger charge is 2.30. The van der Waals surface area contributed by atoms with Gasteiger partial charge in [-0.2, -0.15) is 16.9 Å². The van der Waals surface area contributed by atoms with Crippen LogP contribution in [0, 0.1) is 0 Å². The Morgan fingerprint density at radius 1 is 1.72 bits per heavy atom. The van der Waals surface area contributed by atoms with Crippen LogP contribution in [0.1, 0.15) is 18.7 Å². The largest absolute Gasteiger partial charge is 0.493 e. The third-order valence-electron chi connectivity index (χ3n) is 3.10. The molecule has 0 aliphatic carbocycles. The second-order valence-corrected chi connectivity index (χ2v) is 5.39. The normalized spacial score (nSPS) is 21.8. The number of hydrogen-bond acceptors (Lipinski definition) is 5. The Balaban J connectivity index is 2.24. The van der Waals surface area contributed by atoms with Crippen LogP contribution in [0.2, 0.25) is 0 Å². The van der Waals surface area contributed by atoms with Crippen molar-refractivity contribution in [3.8, 4) is 5.75 Å². The molecule has 102 valence electrons. The Labute approximate surface area is 112 Å². The molecule has 6 heteroatoms. The maximum absolute atomic E-state index is 5.89. The Hall–Kier alpha value is -0.720. The van der Waals surface area contributed by atoms with Crippen LogP contribution >= 0.6 is 11.8 Å². The molecule has 2 rings (SSSR count). The Morgan fingerprint density at radius 3 is 3.17 bits per heavy atom. The van der Waals surface area contributed by atoms with Gasteiger partial charge in [-0.1, -0.05) is 6.92 Å². The van der Waals surface area contributed by atoms with E-state index >= 15 is 0 Å². The second kappa shape index (κ2) is 6.45. The van der Waals surface area contributed by atoms with E-state index in [0.29, 0.717) is 0 Å². The Kier molecular flexibility index (Phi) is 4.91. The van der Waals surface area contributed by atoms with E-state index in [-0.39, 0.29) is 12.1 Å². The van der Waals surface area contributed by atoms with Gasteiger partial charge in [0.1, 0.15) is 0 Å². The number of ether oxygens (including phenoxy) is 2.